The number of rotatable bonds is 14. The molecule has 4 aromatic rings. The summed E-state index contributed by atoms with van der Waals surface area (Å²) < 4.78 is 35.3. The number of aromatic nitrogens is 2. The molecule has 2 aromatic carbocycles. The first-order valence-electron chi connectivity index (χ1n) is 14.3. The van der Waals surface area contributed by atoms with Crippen LogP contribution in [0.25, 0.3) is 10.2 Å². The summed E-state index contributed by atoms with van der Waals surface area (Å²) in [5.74, 6) is -0.536. The number of carbonyl (C=O) groups excluding carboxylic acids is 2. The van der Waals surface area contributed by atoms with E-state index in [1.807, 2.05) is 44.2 Å². The van der Waals surface area contributed by atoms with Gasteiger partial charge in [0.2, 0.25) is 10.0 Å². The van der Waals surface area contributed by atoms with Gasteiger partial charge in [0.05, 0.1) is 51.4 Å². The molecule has 1 fully saturated rings. The average Bonchev–Trinajstić information content (AvgIpc) is 3.78. The molecule has 1 unspecified atom stereocenters. The van der Waals surface area contributed by atoms with Crippen molar-refractivity contribution in [3.8, 4) is 0 Å². The van der Waals surface area contributed by atoms with Gasteiger partial charge in [-0.25, -0.2) is 18.2 Å². The van der Waals surface area contributed by atoms with E-state index in [-0.39, 0.29) is 43.4 Å². The average molecular weight is 658 g/mol. The van der Waals surface area contributed by atoms with Crippen LogP contribution in [0.1, 0.15) is 30.7 Å². The monoisotopic (exact) mass is 657 g/mol. The molecule has 2 aromatic heterocycles. The maximum atomic E-state index is 13.9. The summed E-state index contributed by atoms with van der Waals surface area (Å²) in [6.07, 6.45) is -0.314. The Morgan fingerprint density at radius 1 is 1.18 bits per heavy atom. The number of hydrogen-bond donors (Lipinski definition) is 2. The van der Waals surface area contributed by atoms with Crippen molar-refractivity contribution in [1.29, 1.82) is 0 Å². The molecule has 5 rings (SSSR count). The first-order valence-corrected chi connectivity index (χ1v) is 17.5. The van der Waals surface area contributed by atoms with E-state index in [1.165, 1.54) is 37.9 Å². The van der Waals surface area contributed by atoms with Gasteiger partial charge in [0.15, 0.2) is 6.10 Å². The van der Waals surface area contributed by atoms with E-state index in [2.05, 4.69) is 15.3 Å². The Balaban J connectivity index is 1.35. The van der Waals surface area contributed by atoms with Crippen LogP contribution in [-0.2, 0) is 32.5 Å². The van der Waals surface area contributed by atoms with Gasteiger partial charge in [0.1, 0.15) is 0 Å². The molecule has 0 saturated carbocycles. The number of nitrogens with zero attached hydrogens (tertiary/aromatic N) is 4. The molecule has 4 atom stereocenters. The predicted molar refractivity (Wildman–Crippen MR) is 169 cm³/mol. The number of aliphatic hydroxyl groups is 1. The minimum absolute atomic E-state index is 0.0219. The summed E-state index contributed by atoms with van der Waals surface area (Å²) in [5, 5.41) is 14.5. The Hall–Kier alpha value is -3.43. The molecule has 1 aliphatic heterocycles. The Morgan fingerprint density at radius 3 is 2.70 bits per heavy atom. The molecule has 234 valence electrons. The minimum atomic E-state index is -4.00. The first-order chi connectivity index (χ1) is 21.1. The van der Waals surface area contributed by atoms with Crippen LogP contribution >= 0.6 is 22.7 Å². The number of nitrogens with one attached hydrogen (secondary N) is 1. The number of aliphatic hydroxyl groups excluding tert-OH is 1. The molecular weight excluding hydrogens is 623 g/mol. The number of carbonyl (C=O) groups is 2. The topological polar surface area (TPSA) is 142 Å². The molecule has 0 radical (unpaired) electrons. The third-order valence-corrected chi connectivity index (χ3v) is 11.0. The number of hydrogen-bond acceptors (Lipinski definition) is 10. The molecule has 2 amide bonds. The van der Waals surface area contributed by atoms with Crippen LogP contribution in [0.4, 0.5) is 4.79 Å². The van der Waals surface area contributed by atoms with Crippen molar-refractivity contribution in [2.75, 3.05) is 19.6 Å². The van der Waals surface area contributed by atoms with Gasteiger partial charge < -0.3 is 15.2 Å². The van der Waals surface area contributed by atoms with Gasteiger partial charge in [-0.3, -0.25) is 14.7 Å². The second-order valence-electron chi connectivity index (χ2n) is 10.9. The van der Waals surface area contributed by atoms with Crippen LogP contribution in [0.15, 0.2) is 70.6 Å². The summed E-state index contributed by atoms with van der Waals surface area (Å²) in [7, 11) is -4.00. The lowest BCUT2D eigenvalue weighted by Gasteiger charge is -2.31. The van der Waals surface area contributed by atoms with Crippen molar-refractivity contribution in [2.24, 2.45) is 5.92 Å². The quantitative estimate of drug-likeness (QED) is 0.208. The van der Waals surface area contributed by atoms with Gasteiger partial charge >= 0.3 is 6.09 Å². The van der Waals surface area contributed by atoms with Crippen LogP contribution in [0, 0.1) is 5.92 Å². The van der Waals surface area contributed by atoms with Gasteiger partial charge in [0.25, 0.3) is 5.91 Å². The van der Waals surface area contributed by atoms with Crippen LogP contribution in [0.3, 0.4) is 0 Å². The Kier molecular flexibility index (Phi) is 10.3. The largest absolute Gasteiger partial charge is 0.434 e. The molecule has 0 bridgehead atoms. The normalized spacial score (nSPS) is 17.5. The van der Waals surface area contributed by atoms with E-state index >= 15 is 0 Å². The second kappa shape index (κ2) is 14.1. The summed E-state index contributed by atoms with van der Waals surface area (Å²) in [6.45, 7) is 4.21. The first kappa shape index (κ1) is 32.0. The molecule has 1 aliphatic rings. The van der Waals surface area contributed by atoms with E-state index < -0.39 is 40.3 Å². The fraction of sp³-hybridized carbons (Fsp3) is 0.400. The molecule has 14 heteroatoms. The van der Waals surface area contributed by atoms with Crippen molar-refractivity contribution in [3.63, 3.8) is 0 Å². The maximum Gasteiger partial charge on any atom is 0.411 e. The van der Waals surface area contributed by atoms with E-state index in [0.717, 1.165) is 21.6 Å². The highest BCUT2D eigenvalue weighted by Crippen LogP contribution is 2.26. The molecule has 1 saturated heterocycles. The van der Waals surface area contributed by atoms with Gasteiger partial charge in [-0.2, -0.15) is 4.31 Å². The van der Waals surface area contributed by atoms with Crippen LogP contribution in [0.2, 0.25) is 0 Å². The van der Waals surface area contributed by atoms with Crippen molar-refractivity contribution in [2.45, 2.75) is 56.4 Å². The molecule has 3 heterocycles. The standard InChI is InChI=1S/C30H35N5O6S3/c1-3-20(2)14-35(44(39,40)23-9-10-24-28(12-23)43-19-32-24)16-26(36)25(11-21-7-5-4-6-8-21)33-29(37)27-17-34(30(38)41-27)15-22-13-31-18-42-22/h4-10,12-13,18-20,25-27,36H,3,11,14-17H2,1-2H3,(H,33,37)/t20-,25+,26-,27?/m1/s1. The fourth-order valence-electron chi connectivity index (χ4n) is 4.94. The number of ether oxygens (including phenoxy) is 1. The summed E-state index contributed by atoms with van der Waals surface area (Å²) in [6, 6.07) is 13.3. The van der Waals surface area contributed by atoms with E-state index in [1.54, 1.807) is 29.4 Å². The predicted octanol–water partition coefficient (Wildman–Crippen LogP) is 3.90. The number of sulfonamides is 1. The lowest BCUT2D eigenvalue weighted by Crippen LogP contribution is -2.53. The minimum Gasteiger partial charge on any atom is -0.434 e. The highest BCUT2D eigenvalue weighted by atomic mass is 32.2. The van der Waals surface area contributed by atoms with Crippen molar-refractivity contribution in [3.05, 3.63) is 76.2 Å². The molecule has 0 spiro atoms. The van der Waals surface area contributed by atoms with Crippen LogP contribution in [0.5, 0.6) is 0 Å². The zero-order chi connectivity index (χ0) is 31.3. The SMILES string of the molecule is CC[C@@H](C)CN(C[C@@H](O)[C@H](Cc1ccccc1)NC(=O)C1CN(Cc2cncs2)C(=O)O1)S(=O)(=O)c1ccc2ncsc2c1. The Labute approximate surface area is 264 Å². The number of amides is 2. The molecule has 2 N–H and O–H groups in total. The Bertz CT molecular complexity index is 1660. The number of benzene rings is 2. The zero-order valence-corrected chi connectivity index (χ0v) is 26.9. The molecular formula is C30H35N5O6S3. The molecule has 44 heavy (non-hydrogen) atoms. The zero-order valence-electron chi connectivity index (χ0n) is 24.4. The fourth-order valence-corrected chi connectivity index (χ4v) is 7.94. The van der Waals surface area contributed by atoms with Crippen LogP contribution in [-0.4, -0.2) is 82.6 Å². The summed E-state index contributed by atoms with van der Waals surface area (Å²) in [5.41, 5.74) is 4.89. The van der Waals surface area contributed by atoms with Crippen LogP contribution < -0.4 is 5.32 Å². The molecule has 0 aliphatic carbocycles. The number of thiazole rings is 2. The summed E-state index contributed by atoms with van der Waals surface area (Å²) in [4.78, 5) is 36.6. The number of cyclic esters (lactones) is 1. The maximum absolute atomic E-state index is 13.9. The smallest absolute Gasteiger partial charge is 0.411 e. The second-order valence-corrected chi connectivity index (χ2v) is 14.7. The van der Waals surface area contributed by atoms with E-state index in [9.17, 15) is 23.1 Å². The third-order valence-electron chi connectivity index (χ3n) is 7.64. The summed E-state index contributed by atoms with van der Waals surface area (Å²) >= 11 is 2.75. The van der Waals surface area contributed by atoms with Crippen molar-refractivity contribution < 1.29 is 27.9 Å². The Morgan fingerprint density at radius 2 is 1.98 bits per heavy atom. The van der Waals surface area contributed by atoms with Crippen molar-refractivity contribution >= 4 is 54.9 Å². The van der Waals surface area contributed by atoms with Gasteiger partial charge in [-0.15, -0.1) is 22.7 Å². The lowest BCUT2D eigenvalue weighted by molar-refractivity contribution is -0.129. The van der Waals surface area contributed by atoms with Gasteiger partial charge in [0, 0.05) is 24.2 Å². The highest BCUT2D eigenvalue weighted by Gasteiger charge is 2.38. The number of fused-ring (bicyclic) bond motifs is 1. The van der Waals surface area contributed by atoms with E-state index in [4.69, 9.17) is 4.74 Å². The highest BCUT2D eigenvalue weighted by molar-refractivity contribution is 7.89. The van der Waals surface area contributed by atoms with Gasteiger partial charge in [-0.1, -0.05) is 50.6 Å². The van der Waals surface area contributed by atoms with Gasteiger partial charge in [-0.05, 0) is 36.1 Å². The third kappa shape index (κ3) is 7.61. The van der Waals surface area contributed by atoms with Crippen molar-refractivity contribution in [1.82, 2.24) is 24.5 Å². The van der Waals surface area contributed by atoms with E-state index in [0.29, 0.717) is 5.52 Å². The molecule has 11 nitrogen and oxygen atoms in total. The lowest BCUT2D eigenvalue weighted by atomic mass is 10.0.